The summed E-state index contributed by atoms with van der Waals surface area (Å²) in [5, 5.41) is 10.4. The smallest absolute Gasteiger partial charge is 0.141 e. The summed E-state index contributed by atoms with van der Waals surface area (Å²) in [4.78, 5) is 11.0. The van der Waals surface area contributed by atoms with Crippen LogP contribution in [0.15, 0.2) is 30.7 Å². The Morgan fingerprint density at radius 1 is 1.30 bits per heavy atom. The molecule has 2 aromatic heterocycles. The third kappa shape index (κ3) is 2.96. The van der Waals surface area contributed by atoms with Gasteiger partial charge in [0.25, 0.3) is 0 Å². The van der Waals surface area contributed by atoms with Crippen LogP contribution >= 0.6 is 0 Å². The number of pyridine rings is 1. The second-order valence-corrected chi connectivity index (χ2v) is 5.21. The van der Waals surface area contributed by atoms with Crippen molar-refractivity contribution in [3.8, 4) is 0 Å². The molecule has 1 aliphatic rings. The van der Waals surface area contributed by atoms with Gasteiger partial charge in [0.1, 0.15) is 18.0 Å². The molecule has 0 aromatic carbocycles. The number of nitrogens with zero attached hydrogens (tertiary/aromatic N) is 4. The number of anilines is 1. The molecular weight excluding hydrogens is 252 g/mol. The van der Waals surface area contributed by atoms with E-state index in [0.717, 1.165) is 37.6 Å². The lowest BCUT2D eigenvalue weighted by Gasteiger charge is -2.34. The summed E-state index contributed by atoms with van der Waals surface area (Å²) in [6, 6.07) is 6.81. The largest absolute Gasteiger partial charge is 0.357 e. The van der Waals surface area contributed by atoms with E-state index in [9.17, 15) is 0 Å². The summed E-state index contributed by atoms with van der Waals surface area (Å²) >= 11 is 0. The molecule has 0 saturated carbocycles. The highest BCUT2D eigenvalue weighted by Crippen LogP contribution is 2.19. The van der Waals surface area contributed by atoms with Crippen LogP contribution in [0.1, 0.15) is 31.6 Å². The van der Waals surface area contributed by atoms with Gasteiger partial charge in [0.05, 0.1) is 6.04 Å². The molecule has 106 valence electrons. The summed E-state index contributed by atoms with van der Waals surface area (Å²) in [5.41, 5.74) is 0. The highest BCUT2D eigenvalue weighted by Gasteiger charge is 2.22. The molecular formula is C14H20N6. The predicted molar refractivity (Wildman–Crippen MR) is 77.4 cm³/mol. The fourth-order valence-electron chi connectivity index (χ4n) is 2.67. The fraction of sp³-hybridized carbons (Fsp3) is 0.500. The van der Waals surface area contributed by atoms with Gasteiger partial charge in [0, 0.05) is 25.3 Å². The summed E-state index contributed by atoms with van der Waals surface area (Å²) in [7, 11) is 0. The van der Waals surface area contributed by atoms with Crippen LogP contribution in [0, 0.1) is 0 Å². The highest BCUT2D eigenvalue weighted by molar-refractivity contribution is 5.38. The van der Waals surface area contributed by atoms with Gasteiger partial charge in [-0.1, -0.05) is 6.07 Å². The third-order valence-corrected chi connectivity index (χ3v) is 3.80. The van der Waals surface area contributed by atoms with Crippen LogP contribution in [0.4, 0.5) is 5.82 Å². The molecule has 6 heteroatoms. The molecule has 2 aromatic rings. The number of aromatic amines is 1. The number of aromatic nitrogens is 4. The maximum Gasteiger partial charge on any atom is 0.141 e. The van der Waals surface area contributed by atoms with Crippen LogP contribution in [-0.4, -0.2) is 39.3 Å². The van der Waals surface area contributed by atoms with Gasteiger partial charge in [-0.05, 0) is 31.9 Å². The van der Waals surface area contributed by atoms with Crippen molar-refractivity contribution in [2.75, 3.05) is 18.0 Å². The van der Waals surface area contributed by atoms with Crippen molar-refractivity contribution in [3.63, 3.8) is 0 Å². The topological polar surface area (TPSA) is 69.7 Å². The monoisotopic (exact) mass is 272 g/mol. The maximum absolute atomic E-state index is 4.41. The van der Waals surface area contributed by atoms with E-state index in [1.807, 2.05) is 18.3 Å². The van der Waals surface area contributed by atoms with Crippen LogP contribution in [0.2, 0.25) is 0 Å². The van der Waals surface area contributed by atoms with Crippen LogP contribution < -0.4 is 10.2 Å². The van der Waals surface area contributed by atoms with Gasteiger partial charge >= 0.3 is 0 Å². The van der Waals surface area contributed by atoms with E-state index in [2.05, 4.69) is 43.4 Å². The molecule has 2 N–H and O–H groups in total. The number of hydrogen-bond donors (Lipinski definition) is 2. The van der Waals surface area contributed by atoms with Gasteiger partial charge in [0.15, 0.2) is 0 Å². The van der Waals surface area contributed by atoms with Gasteiger partial charge in [-0.15, -0.1) is 0 Å². The van der Waals surface area contributed by atoms with Crippen molar-refractivity contribution < 1.29 is 0 Å². The van der Waals surface area contributed by atoms with Crippen LogP contribution in [0.25, 0.3) is 0 Å². The van der Waals surface area contributed by atoms with Crippen LogP contribution in [0.5, 0.6) is 0 Å². The second kappa shape index (κ2) is 6.00. The van der Waals surface area contributed by atoms with Gasteiger partial charge in [-0.3, -0.25) is 5.10 Å². The molecule has 3 rings (SSSR count). The van der Waals surface area contributed by atoms with Crippen molar-refractivity contribution in [1.82, 2.24) is 25.5 Å². The van der Waals surface area contributed by atoms with E-state index in [1.54, 1.807) is 6.33 Å². The minimum atomic E-state index is 0.212. The molecule has 1 unspecified atom stereocenters. The minimum Gasteiger partial charge on any atom is -0.357 e. The van der Waals surface area contributed by atoms with E-state index in [1.165, 1.54) is 0 Å². The van der Waals surface area contributed by atoms with Crippen molar-refractivity contribution in [2.24, 2.45) is 0 Å². The van der Waals surface area contributed by atoms with E-state index >= 15 is 0 Å². The Balaban J connectivity index is 1.51. The first-order valence-electron chi connectivity index (χ1n) is 7.10. The van der Waals surface area contributed by atoms with Gasteiger partial charge in [-0.2, -0.15) is 5.10 Å². The standard InChI is InChI=1S/C14H20N6/c1-11(14-16-10-17-19-14)18-12-5-8-20(9-6-12)13-4-2-3-7-15-13/h2-4,7,10-12,18H,5-6,8-9H2,1H3,(H,16,17,19). The Morgan fingerprint density at radius 3 is 2.80 bits per heavy atom. The molecule has 1 saturated heterocycles. The number of piperidine rings is 1. The molecule has 1 fully saturated rings. The molecule has 3 heterocycles. The molecule has 0 amide bonds. The average molecular weight is 272 g/mol. The first-order chi connectivity index (χ1) is 9.83. The van der Waals surface area contributed by atoms with E-state index < -0.39 is 0 Å². The Morgan fingerprint density at radius 2 is 2.15 bits per heavy atom. The first-order valence-corrected chi connectivity index (χ1v) is 7.10. The Hall–Kier alpha value is -1.95. The zero-order chi connectivity index (χ0) is 13.8. The highest BCUT2D eigenvalue weighted by atomic mass is 15.2. The molecule has 1 aliphatic heterocycles. The van der Waals surface area contributed by atoms with E-state index in [-0.39, 0.29) is 6.04 Å². The molecule has 0 aliphatic carbocycles. The number of H-pyrrole nitrogens is 1. The SMILES string of the molecule is CC(NC1CCN(c2ccccn2)CC1)c1ncn[nH]1. The maximum atomic E-state index is 4.41. The van der Waals surface area contributed by atoms with Gasteiger partial charge in [-0.25, -0.2) is 9.97 Å². The Bertz CT molecular complexity index is 504. The van der Waals surface area contributed by atoms with Crippen molar-refractivity contribution in [2.45, 2.75) is 31.8 Å². The number of rotatable bonds is 4. The van der Waals surface area contributed by atoms with Gasteiger partial charge in [0.2, 0.25) is 0 Å². The second-order valence-electron chi connectivity index (χ2n) is 5.21. The fourth-order valence-corrected chi connectivity index (χ4v) is 2.67. The molecule has 6 nitrogen and oxygen atoms in total. The quantitative estimate of drug-likeness (QED) is 0.883. The van der Waals surface area contributed by atoms with Crippen LogP contribution in [-0.2, 0) is 0 Å². The minimum absolute atomic E-state index is 0.212. The summed E-state index contributed by atoms with van der Waals surface area (Å²) < 4.78 is 0. The Labute approximate surface area is 118 Å². The van der Waals surface area contributed by atoms with Crippen molar-refractivity contribution in [3.05, 3.63) is 36.5 Å². The zero-order valence-electron chi connectivity index (χ0n) is 11.7. The third-order valence-electron chi connectivity index (χ3n) is 3.80. The molecule has 0 radical (unpaired) electrons. The molecule has 1 atom stereocenters. The van der Waals surface area contributed by atoms with E-state index in [0.29, 0.717) is 6.04 Å². The Kier molecular flexibility index (Phi) is 3.92. The predicted octanol–water partition coefficient (Wildman–Crippen LogP) is 1.52. The number of hydrogen-bond acceptors (Lipinski definition) is 5. The summed E-state index contributed by atoms with van der Waals surface area (Å²) in [6.07, 6.45) is 5.65. The number of nitrogens with one attached hydrogen (secondary N) is 2. The normalized spacial score (nSPS) is 18.1. The average Bonchev–Trinajstić information content (AvgIpc) is 3.03. The lowest BCUT2D eigenvalue weighted by Crippen LogP contribution is -2.43. The first kappa shape index (κ1) is 13.1. The summed E-state index contributed by atoms with van der Waals surface area (Å²) in [5.74, 6) is 1.98. The van der Waals surface area contributed by atoms with Crippen molar-refractivity contribution in [1.29, 1.82) is 0 Å². The molecule has 0 bridgehead atoms. The van der Waals surface area contributed by atoms with E-state index in [4.69, 9.17) is 0 Å². The molecule has 0 spiro atoms. The van der Waals surface area contributed by atoms with Crippen LogP contribution in [0.3, 0.4) is 0 Å². The summed E-state index contributed by atoms with van der Waals surface area (Å²) in [6.45, 7) is 4.20. The lowest BCUT2D eigenvalue weighted by atomic mass is 10.0. The lowest BCUT2D eigenvalue weighted by molar-refractivity contribution is 0.373. The van der Waals surface area contributed by atoms with Gasteiger partial charge < -0.3 is 10.2 Å². The zero-order valence-corrected chi connectivity index (χ0v) is 11.7. The van der Waals surface area contributed by atoms with Crippen molar-refractivity contribution >= 4 is 5.82 Å². The molecule has 20 heavy (non-hydrogen) atoms.